The van der Waals surface area contributed by atoms with Gasteiger partial charge in [-0.2, -0.15) is 0 Å². The van der Waals surface area contributed by atoms with Gasteiger partial charge in [0.15, 0.2) is 0 Å². The molecule has 1 aromatic carbocycles. The van der Waals surface area contributed by atoms with Gasteiger partial charge < -0.3 is 5.32 Å². The molecule has 0 saturated carbocycles. The molecule has 94 valence electrons. The summed E-state index contributed by atoms with van der Waals surface area (Å²) in [4.78, 5) is 1.30. The van der Waals surface area contributed by atoms with E-state index in [2.05, 4.69) is 51.6 Å². The van der Waals surface area contributed by atoms with Crippen molar-refractivity contribution < 1.29 is 0 Å². The van der Waals surface area contributed by atoms with E-state index >= 15 is 0 Å². The number of benzene rings is 1. The minimum atomic E-state index is 0.355. The molecular formula is C14H13BrClNS. The average molecular weight is 343 g/mol. The average Bonchev–Trinajstić information content (AvgIpc) is 2.66. The van der Waals surface area contributed by atoms with Crippen molar-refractivity contribution in [2.75, 3.05) is 7.05 Å². The van der Waals surface area contributed by atoms with Crippen LogP contribution in [0.15, 0.2) is 34.1 Å². The molecule has 2 aromatic rings. The van der Waals surface area contributed by atoms with Crippen LogP contribution in [0.1, 0.15) is 28.0 Å². The van der Waals surface area contributed by atoms with Crippen molar-refractivity contribution in [1.29, 1.82) is 0 Å². The first-order chi connectivity index (χ1) is 8.70. The van der Waals surface area contributed by atoms with E-state index < -0.39 is 0 Å². The quantitative estimate of drug-likeness (QED) is 0.847. The van der Waals surface area contributed by atoms with E-state index in [1.165, 1.54) is 16.0 Å². The van der Waals surface area contributed by atoms with Crippen LogP contribution >= 0.6 is 38.9 Å². The van der Waals surface area contributed by atoms with Gasteiger partial charge in [0.05, 0.1) is 8.81 Å². The first kappa shape index (κ1) is 12.7. The number of nitrogens with one attached hydrogen (secondary N) is 1. The van der Waals surface area contributed by atoms with Crippen molar-refractivity contribution in [2.45, 2.75) is 18.4 Å². The van der Waals surface area contributed by atoms with E-state index in [4.69, 9.17) is 11.6 Å². The van der Waals surface area contributed by atoms with E-state index in [9.17, 15) is 0 Å². The van der Waals surface area contributed by atoms with Gasteiger partial charge in [-0.1, -0.05) is 35.9 Å². The van der Waals surface area contributed by atoms with Crippen molar-refractivity contribution in [3.63, 3.8) is 0 Å². The Morgan fingerprint density at radius 1 is 1.44 bits per heavy atom. The highest BCUT2D eigenvalue weighted by molar-refractivity contribution is 9.11. The first-order valence-electron chi connectivity index (χ1n) is 5.90. The molecule has 0 bridgehead atoms. The number of hydrogen-bond acceptors (Lipinski definition) is 2. The van der Waals surface area contributed by atoms with Gasteiger partial charge in [0.2, 0.25) is 0 Å². The molecule has 2 atom stereocenters. The summed E-state index contributed by atoms with van der Waals surface area (Å²) in [7, 11) is 2.02. The van der Waals surface area contributed by atoms with Crippen molar-refractivity contribution >= 4 is 38.9 Å². The molecule has 2 unspecified atom stereocenters. The van der Waals surface area contributed by atoms with Gasteiger partial charge in [-0.25, -0.2) is 0 Å². The third-order valence-electron chi connectivity index (χ3n) is 3.58. The molecule has 0 radical (unpaired) electrons. The van der Waals surface area contributed by atoms with Crippen molar-refractivity contribution in [2.24, 2.45) is 0 Å². The lowest BCUT2D eigenvalue weighted by molar-refractivity contribution is 0.445. The summed E-state index contributed by atoms with van der Waals surface area (Å²) >= 11 is 11.3. The first-order valence-corrected chi connectivity index (χ1v) is 7.89. The van der Waals surface area contributed by atoms with Crippen molar-refractivity contribution in [3.05, 3.63) is 55.1 Å². The minimum Gasteiger partial charge on any atom is -0.312 e. The summed E-state index contributed by atoms with van der Waals surface area (Å²) in [5.41, 5.74) is 2.95. The van der Waals surface area contributed by atoms with Gasteiger partial charge in [-0.05, 0) is 46.6 Å². The SMILES string of the molecule is CNC(c1cc(Cl)c(Br)s1)C1Cc2ccccc21. The van der Waals surface area contributed by atoms with E-state index in [0.29, 0.717) is 12.0 Å². The Kier molecular flexibility index (Phi) is 3.50. The van der Waals surface area contributed by atoms with Crippen LogP contribution in [0.5, 0.6) is 0 Å². The molecule has 1 nitrogen and oxygen atoms in total. The van der Waals surface area contributed by atoms with Crippen LogP contribution < -0.4 is 5.32 Å². The standard InChI is InChI=1S/C14H13BrClNS/c1-17-13(12-7-11(16)14(15)18-12)10-6-8-4-2-3-5-9(8)10/h2-5,7,10,13,17H,6H2,1H3. The number of rotatable bonds is 3. The zero-order valence-corrected chi connectivity index (χ0v) is 13.1. The van der Waals surface area contributed by atoms with E-state index in [0.717, 1.165) is 15.2 Å². The molecular weight excluding hydrogens is 330 g/mol. The van der Waals surface area contributed by atoms with Crippen molar-refractivity contribution in [1.82, 2.24) is 5.32 Å². The Bertz CT molecular complexity index is 561. The Morgan fingerprint density at radius 3 is 2.83 bits per heavy atom. The second-order valence-electron chi connectivity index (χ2n) is 4.55. The topological polar surface area (TPSA) is 12.0 Å². The molecule has 1 aliphatic rings. The number of thiophene rings is 1. The van der Waals surface area contributed by atoms with Gasteiger partial charge in [0, 0.05) is 16.8 Å². The second kappa shape index (κ2) is 4.97. The monoisotopic (exact) mass is 341 g/mol. The molecule has 1 N–H and O–H groups in total. The number of halogens is 2. The molecule has 4 heteroatoms. The van der Waals surface area contributed by atoms with E-state index in [1.54, 1.807) is 11.3 Å². The lowest BCUT2D eigenvalue weighted by atomic mass is 9.73. The summed E-state index contributed by atoms with van der Waals surface area (Å²) in [5, 5.41) is 4.24. The summed E-state index contributed by atoms with van der Waals surface area (Å²) < 4.78 is 1.02. The third-order valence-corrected chi connectivity index (χ3v) is 6.14. The molecule has 1 aliphatic carbocycles. The largest absolute Gasteiger partial charge is 0.312 e. The molecule has 0 saturated heterocycles. The van der Waals surface area contributed by atoms with Gasteiger partial charge in [-0.3, -0.25) is 0 Å². The maximum atomic E-state index is 6.13. The van der Waals surface area contributed by atoms with Crippen molar-refractivity contribution in [3.8, 4) is 0 Å². The smallest absolute Gasteiger partial charge is 0.0888 e. The van der Waals surface area contributed by atoms with Gasteiger partial charge in [0.25, 0.3) is 0 Å². The van der Waals surface area contributed by atoms with Crippen LogP contribution in [0.4, 0.5) is 0 Å². The maximum Gasteiger partial charge on any atom is 0.0888 e. The number of fused-ring (bicyclic) bond motifs is 1. The zero-order chi connectivity index (χ0) is 12.7. The summed E-state index contributed by atoms with van der Waals surface area (Å²) in [6, 6.07) is 11.1. The Balaban J connectivity index is 1.91. The fourth-order valence-electron chi connectivity index (χ4n) is 2.65. The highest BCUT2D eigenvalue weighted by Gasteiger charge is 2.33. The second-order valence-corrected chi connectivity index (χ2v) is 7.36. The Hall–Kier alpha value is -0.350. The predicted octanol–water partition coefficient (Wildman–Crippen LogP) is 4.76. The molecule has 1 heterocycles. The minimum absolute atomic E-state index is 0.355. The van der Waals surface area contributed by atoms with Crippen LogP contribution in [-0.2, 0) is 6.42 Å². The van der Waals surface area contributed by atoms with Crippen LogP contribution in [0.2, 0.25) is 5.02 Å². The molecule has 0 amide bonds. The third kappa shape index (κ3) is 2.03. The summed E-state index contributed by atoms with van der Waals surface area (Å²) in [6.45, 7) is 0. The number of likely N-dealkylation sites (N-methyl/N-ethyl adjacent to an activating group) is 1. The molecule has 0 fully saturated rings. The predicted molar refractivity (Wildman–Crippen MR) is 81.7 cm³/mol. The molecule has 18 heavy (non-hydrogen) atoms. The lowest BCUT2D eigenvalue weighted by Gasteiger charge is -2.36. The van der Waals surface area contributed by atoms with Gasteiger partial charge >= 0.3 is 0 Å². The van der Waals surface area contributed by atoms with Gasteiger partial charge in [0.1, 0.15) is 0 Å². The van der Waals surface area contributed by atoms with Crippen LogP contribution in [-0.4, -0.2) is 7.05 Å². The Labute approximate surface area is 124 Å². The fourth-order valence-corrected chi connectivity index (χ4v) is 4.58. The van der Waals surface area contributed by atoms with Gasteiger partial charge in [-0.15, -0.1) is 11.3 Å². The molecule has 0 aliphatic heterocycles. The highest BCUT2D eigenvalue weighted by atomic mass is 79.9. The fraction of sp³-hybridized carbons (Fsp3) is 0.286. The van der Waals surface area contributed by atoms with Crippen LogP contribution in [0, 0.1) is 0 Å². The molecule has 1 aromatic heterocycles. The summed E-state index contributed by atoms with van der Waals surface area (Å²) in [6.07, 6.45) is 1.15. The number of hydrogen-bond donors (Lipinski definition) is 1. The van der Waals surface area contributed by atoms with Crippen LogP contribution in [0.3, 0.4) is 0 Å². The van der Waals surface area contributed by atoms with E-state index in [-0.39, 0.29) is 0 Å². The lowest BCUT2D eigenvalue weighted by Crippen LogP contribution is -2.30. The summed E-state index contributed by atoms with van der Waals surface area (Å²) in [5.74, 6) is 0.563. The molecule has 0 spiro atoms. The maximum absolute atomic E-state index is 6.13. The highest BCUT2D eigenvalue weighted by Crippen LogP contribution is 2.46. The van der Waals surface area contributed by atoms with Crippen LogP contribution in [0.25, 0.3) is 0 Å². The Morgan fingerprint density at radius 2 is 2.22 bits per heavy atom. The normalized spacial score (nSPS) is 19.2. The van der Waals surface area contributed by atoms with E-state index in [1.807, 2.05) is 7.05 Å². The zero-order valence-electron chi connectivity index (χ0n) is 9.91. The molecule has 3 rings (SSSR count).